The largest absolute Gasteiger partial charge is 0.490 e. The summed E-state index contributed by atoms with van der Waals surface area (Å²) in [7, 11) is 0. The van der Waals surface area contributed by atoms with Gasteiger partial charge in [-0.3, -0.25) is 4.79 Å². The van der Waals surface area contributed by atoms with Gasteiger partial charge in [0.2, 0.25) is 5.91 Å². The molecule has 4 saturated carbocycles. The Bertz CT molecular complexity index is 569. The molecule has 1 aromatic rings. The molecule has 3 nitrogen and oxygen atoms in total. The van der Waals surface area contributed by atoms with Gasteiger partial charge in [0.05, 0.1) is 5.41 Å². The first-order valence-electron chi connectivity index (χ1n) is 8.82. The van der Waals surface area contributed by atoms with Crippen LogP contribution in [0.1, 0.15) is 38.5 Å². The van der Waals surface area contributed by atoms with E-state index in [0.29, 0.717) is 6.61 Å². The highest BCUT2D eigenvalue weighted by molar-refractivity contribution is 5.95. The topological polar surface area (TPSA) is 38.3 Å². The Labute approximate surface area is 138 Å². The van der Waals surface area contributed by atoms with E-state index < -0.39 is 0 Å². The number of benzene rings is 1. The highest BCUT2D eigenvalue weighted by Gasteiger charge is 2.54. The molecule has 0 unspecified atom stereocenters. The second-order valence-electron chi connectivity index (χ2n) is 7.78. The molecule has 0 spiro atoms. The van der Waals surface area contributed by atoms with Crippen molar-refractivity contribution in [2.45, 2.75) is 38.5 Å². The maximum absolute atomic E-state index is 13.0. The highest BCUT2D eigenvalue weighted by Crippen LogP contribution is 2.60. The Hall–Kier alpha value is -1.77. The average Bonchev–Trinajstić information content (AvgIpc) is 2.53. The molecular formula is C20H25NO2. The first-order chi connectivity index (χ1) is 11.2. The van der Waals surface area contributed by atoms with Crippen molar-refractivity contribution in [1.82, 2.24) is 0 Å². The summed E-state index contributed by atoms with van der Waals surface area (Å²) in [5.74, 6) is 3.43. The summed E-state index contributed by atoms with van der Waals surface area (Å²) >= 11 is 0. The minimum absolute atomic E-state index is 0.0905. The Morgan fingerprint density at radius 1 is 1.13 bits per heavy atom. The van der Waals surface area contributed by atoms with Crippen molar-refractivity contribution in [3.8, 4) is 5.75 Å². The number of carbonyl (C=O) groups excluding carboxylic acids is 1. The number of hydrogen-bond acceptors (Lipinski definition) is 2. The normalized spacial score (nSPS) is 34.2. The number of carbonyl (C=O) groups is 1. The summed E-state index contributed by atoms with van der Waals surface area (Å²) in [6, 6.07) is 7.66. The van der Waals surface area contributed by atoms with Crippen molar-refractivity contribution < 1.29 is 9.53 Å². The van der Waals surface area contributed by atoms with Crippen molar-refractivity contribution in [3.05, 3.63) is 36.9 Å². The molecule has 23 heavy (non-hydrogen) atoms. The van der Waals surface area contributed by atoms with E-state index in [0.717, 1.165) is 48.5 Å². The SMILES string of the molecule is C=CCOc1ccc(NC(=O)C23CC4CC(CC(C4)C2)C3)cc1. The number of amides is 1. The molecule has 0 aromatic heterocycles. The lowest BCUT2D eigenvalue weighted by atomic mass is 9.49. The van der Waals surface area contributed by atoms with E-state index in [1.54, 1.807) is 6.08 Å². The van der Waals surface area contributed by atoms with Gasteiger partial charge < -0.3 is 10.1 Å². The van der Waals surface area contributed by atoms with Crippen molar-refractivity contribution in [2.75, 3.05) is 11.9 Å². The molecular weight excluding hydrogens is 286 g/mol. The Balaban J connectivity index is 1.44. The van der Waals surface area contributed by atoms with Gasteiger partial charge in [0.25, 0.3) is 0 Å². The van der Waals surface area contributed by atoms with Gasteiger partial charge >= 0.3 is 0 Å². The molecule has 0 saturated heterocycles. The van der Waals surface area contributed by atoms with Crippen LogP contribution in [0.2, 0.25) is 0 Å². The van der Waals surface area contributed by atoms with E-state index in [-0.39, 0.29) is 11.3 Å². The predicted octanol–water partition coefficient (Wildman–Crippen LogP) is 4.41. The Morgan fingerprint density at radius 2 is 1.70 bits per heavy atom. The summed E-state index contributed by atoms with van der Waals surface area (Å²) in [5, 5.41) is 3.17. The van der Waals surface area contributed by atoms with Crippen LogP contribution in [0.3, 0.4) is 0 Å². The third-order valence-electron chi connectivity index (χ3n) is 6.00. The molecule has 122 valence electrons. The average molecular weight is 311 g/mol. The maximum Gasteiger partial charge on any atom is 0.230 e. The van der Waals surface area contributed by atoms with Gasteiger partial charge in [0.15, 0.2) is 0 Å². The van der Waals surface area contributed by atoms with E-state index in [4.69, 9.17) is 4.74 Å². The van der Waals surface area contributed by atoms with Crippen LogP contribution in [0.15, 0.2) is 36.9 Å². The van der Waals surface area contributed by atoms with Gasteiger partial charge in [-0.05, 0) is 80.5 Å². The third-order valence-corrected chi connectivity index (χ3v) is 6.00. The van der Waals surface area contributed by atoms with Gasteiger partial charge in [-0.25, -0.2) is 0 Å². The lowest BCUT2D eigenvalue weighted by Gasteiger charge is -2.55. The second kappa shape index (κ2) is 5.70. The van der Waals surface area contributed by atoms with E-state index in [2.05, 4.69) is 11.9 Å². The monoisotopic (exact) mass is 311 g/mol. The number of rotatable bonds is 5. The minimum Gasteiger partial charge on any atom is -0.490 e. The van der Waals surface area contributed by atoms with Crippen LogP contribution in [0.5, 0.6) is 5.75 Å². The summed E-state index contributed by atoms with van der Waals surface area (Å²) in [6.07, 6.45) is 9.12. The number of ether oxygens (including phenoxy) is 1. The fraction of sp³-hybridized carbons (Fsp3) is 0.550. The standard InChI is InChI=1S/C20H25NO2/c1-2-7-23-18-5-3-17(4-6-18)21-19(22)20-11-14-8-15(12-20)10-16(9-14)13-20/h2-6,14-16H,1,7-13H2,(H,21,22). The molecule has 1 aromatic carbocycles. The van der Waals surface area contributed by atoms with Crippen LogP contribution < -0.4 is 10.1 Å². The van der Waals surface area contributed by atoms with Gasteiger partial charge in [-0.15, -0.1) is 0 Å². The summed E-state index contributed by atoms with van der Waals surface area (Å²) in [4.78, 5) is 13.0. The zero-order valence-corrected chi connectivity index (χ0v) is 13.6. The van der Waals surface area contributed by atoms with Crippen LogP contribution >= 0.6 is 0 Å². The first-order valence-corrected chi connectivity index (χ1v) is 8.82. The second-order valence-corrected chi connectivity index (χ2v) is 7.78. The zero-order chi connectivity index (χ0) is 15.9. The van der Waals surface area contributed by atoms with Crippen molar-refractivity contribution in [2.24, 2.45) is 23.2 Å². The minimum atomic E-state index is -0.0905. The highest BCUT2D eigenvalue weighted by atomic mass is 16.5. The molecule has 1 N–H and O–H groups in total. The quantitative estimate of drug-likeness (QED) is 0.818. The third kappa shape index (κ3) is 2.77. The lowest BCUT2D eigenvalue weighted by molar-refractivity contribution is -0.140. The summed E-state index contributed by atoms with van der Waals surface area (Å²) < 4.78 is 5.48. The lowest BCUT2D eigenvalue weighted by Crippen LogP contribution is -2.51. The van der Waals surface area contributed by atoms with Crippen molar-refractivity contribution >= 4 is 11.6 Å². The van der Waals surface area contributed by atoms with Crippen LogP contribution in [0, 0.1) is 23.2 Å². The van der Waals surface area contributed by atoms with Crippen LogP contribution in [0.25, 0.3) is 0 Å². The molecule has 5 rings (SSSR count). The van der Waals surface area contributed by atoms with E-state index >= 15 is 0 Å². The van der Waals surface area contributed by atoms with Crippen molar-refractivity contribution in [3.63, 3.8) is 0 Å². The summed E-state index contributed by atoms with van der Waals surface area (Å²) in [5.41, 5.74) is 0.781. The fourth-order valence-electron chi connectivity index (χ4n) is 5.44. The molecule has 4 bridgehead atoms. The van der Waals surface area contributed by atoms with Crippen LogP contribution in [0.4, 0.5) is 5.69 Å². The fourth-order valence-corrected chi connectivity index (χ4v) is 5.44. The number of nitrogens with one attached hydrogen (secondary N) is 1. The van der Waals surface area contributed by atoms with Gasteiger partial charge in [0.1, 0.15) is 12.4 Å². The van der Waals surface area contributed by atoms with Crippen molar-refractivity contribution in [1.29, 1.82) is 0 Å². The van der Waals surface area contributed by atoms with E-state index in [1.165, 1.54) is 19.3 Å². The van der Waals surface area contributed by atoms with Crippen LogP contribution in [-0.2, 0) is 4.79 Å². The first kappa shape index (κ1) is 14.8. The Kier molecular flexibility index (Phi) is 3.67. The summed E-state index contributed by atoms with van der Waals surface area (Å²) in [6.45, 7) is 4.14. The van der Waals surface area contributed by atoms with Gasteiger partial charge in [-0.2, -0.15) is 0 Å². The molecule has 0 aliphatic heterocycles. The smallest absolute Gasteiger partial charge is 0.230 e. The van der Waals surface area contributed by atoms with E-state index in [1.807, 2.05) is 24.3 Å². The number of hydrogen-bond donors (Lipinski definition) is 1. The molecule has 4 fully saturated rings. The number of anilines is 1. The van der Waals surface area contributed by atoms with Gasteiger partial charge in [-0.1, -0.05) is 12.7 Å². The molecule has 3 heteroatoms. The van der Waals surface area contributed by atoms with Crippen LogP contribution in [-0.4, -0.2) is 12.5 Å². The van der Waals surface area contributed by atoms with E-state index in [9.17, 15) is 4.79 Å². The molecule has 4 aliphatic carbocycles. The molecule has 0 atom stereocenters. The predicted molar refractivity (Wildman–Crippen MR) is 91.4 cm³/mol. The molecule has 0 heterocycles. The molecule has 1 amide bonds. The molecule has 0 radical (unpaired) electrons. The maximum atomic E-state index is 13.0. The van der Waals surface area contributed by atoms with Gasteiger partial charge in [0, 0.05) is 5.69 Å². The molecule has 4 aliphatic rings. The zero-order valence-electron chi connectivity index (χ0n) is 13.6. The Morgan fingerprint density at radius 3 is 2.22 bits per heavy atom.